The second-order valence-corrected chi connectivity index (χ2v) is 14.1. The van der Waals surface area contributed by atoms with Gasteiger partial charge in [-0.1, -0.05) is 70.5 Å². The van der Waals surface area contributed by atoms with Gasteiger partial charge < -0.3 is 28.4 Å². The number of alkyl halides is 3. The van der Waals surface area contributed by atoms with Crippen molar-refractivity contribution in [3.63, 3.8) is 0 Å². The van der Waals surface area contributed by atoms with Gasteiger partial charge in [-0.25, -0.2) is 19.2 Å². The van der Waals surface area contributed by atoms with Crippen molar-refractivity contribution in [3.8, 4) is 0 Å². The molecule has 2 aromatic carbocycles. The number of halogens is 3. The van der Waals surface area contributed by atoms with E-state index in [1.54, 1.807) is 19.1 Å². The highest BCUT2D eigenvalue weighted by Crippen LogP contribution is 2.32. The zero-order valence-electron chi connectivity index (χ0n) is 31.2. The van der Waals surface area contributed by atoms with Gasteiger partial charge in [0.15, 0.2) is 0 Å². The van der Waals surface area contributed by atoms with E-state index in [0.29, 0.717) is 55.1 Å². The van der Waals surface area contributed by atoms with Crippen molar-refractivity contribution in [2.45, 2.75) is 109 Å². The molecule has 13 heteroatoms. The molecule has 0 saturated carbocycles. The summed E-state index contributed by atoms with van der Waals surface area (Å²) in [4.78, 5) is 37.7. The maximum absolute atomic E-state index is 12.1. The second-order valence-electron chi connectivity index (χ2n) is 14.1. The van der Waals surface area contributed by atoms with Gasteiger partial charge in [0.25, 0.3) is 0 Å². The van der Waals surface area contributed by atoms with Crippen LogP contribution < -0.4 is 0 Å². The molecule has 2 aromatic rings. The SMILES string of the molecule is CC1(COC(=O)C(F)(F)F)CO1.CCC(C)c1ccc(C(=O)OCC2(CC)CO2)c(C)c1.[C-]#[N+]c1cc(C(C)CC)ccc1C(=O)OCC1(C)CO1. The van der Waals surface area contributed by atoms with Crippen molar-refractivity contribution in [1.82, 2.24) is 0 Å². The highest BCUT2D eigenvalue weighted by molar-refractivity contribution is 5.96. The Bertz CT molecular complexity index is 1600. The Labute approximate surface area is 304 Å². The summed E-state index contributed by atoms with van der Waals surface area (Å²) in [6.07, 6.45) is -1.94. The predicted molar refractivity (Wildman–Crippen MR) is 187 cm³/mol. The normalized spacial score (nSPS) is 23.6. The Morgan fingerprint density at radius 3 is 1.67 bits per heavy atom. The molecule has 0 radical (unpaired) electrons. The number of hydrogen-bond donors (Lipinski definition) is 0. The van der Waals surface area contributed by atoms with Gasteiger partial charge in [0, 0.05) is 0 Å². The largest absolute Gasteiger partial charge is 0.490 e. The minimum atomic E-state index is -4.91. The molecule has 10 nitrogen and oxygen atoms in total. The number of ether oxygens (including phenoxy) is 6. The van der Waals surface area contributed by atoms with E-state index in [1.807, 2.05) is 39.0 Å². The lowest BCUT2D eigenvalue weighted by atomic mass is 9.95. The Hall–Kier alpha value is -3.99. The maximum atomic E-state index is 12.1. The van der Waals surface area contributed by atoms with Crippen LogP contribution in [-0.4, -0.2) is 80.5 Å². The Morgan fingerprint density at radius 1 is 0.788 bits per heavy atom. The molecule has 3 aliphatic heterocycles. The first-order chi connectivity index (χ1) is 24.3. The number of hydrogen-bond acceptors (Lipinski definition) is 9. The number of aryl methyl sites for hydroxylation is 1. The number of nitrogens with zero attached hydrogens (tertiary/aromatic N) is 1. The molecule has 5 atom stereocenters. The summed E-state index contributed by atoms with van der Waals surface area (Å²) < 4.78 is 64.4. The van der Waals surface area contributed by atoms with E-state index in [1.165, 1.54) is 5.56 Å². The minimum Gasteiger partial charge on any atom is -0.460 e. The minimum absolute atomic E-state index is 0.208. The molecule has 3 heterocycles. The Kier molecular flexibility index (Phi) is 14.4. The van der Waals surface area contributed by atoms with Gasteiger partial charge in [-0.3, -0.25) is 0 Å². The fourth-order valence-electron chi connectivity index (χ4n) is 4.59. The molecule has 5 rings (SSSR count). The van der Waals surface area contributed by atoms with Crippen LogP contribution in [-0.2, 0) is 33.2 Å². The van der Waals surface area contributed by atoms with E-state index in [2.05, 4.69) is 43.3 Å². The molecule has 0 aliphatic carbocycles. The van der Waals surface area contributed by atoms with Gasteiger partial charge in [-0.05, 0) is 69.1 Å². The average Bonchev–Trinajstić information content (AvgIpc) is 4.07. The summed E-state index contributed by atoms with van der Waals surface area (Å²) in [6.45, 7) is 25.2. The molecule has 286 valence electrons. The molecule has 3 aliphatic rings. The van der Waals surface area contributed by atoms with E-state index in [0.717, 1.165) is 30.4 Å². The summed E-state index contributed by atoms with van der Waals surface area (Å²) in [6, 6.07) is 11.4. The lowest BCUT2D eigenvalue weighted by Gasteiger charge is -2.14. The van der Waals surface area contributed by atoms with Gasteiger partial charge in [-0.15, -0.1) is 0 Å². The molecule has 3 fully saturated rings. The number of esters is 3. The molecular formula is C39H50F3NO9. The van der Waals surface area contributed by atoms with Crippen molar-refractivity contribution < 1.29 is 56.0 Å². The first kappa shape index (κ1) is 42.4. The average molecular weight is 734 g/mol. The maximum Gasteiger partial charge on any atom is 0.490 e. The molecule has 5 unspecified atom stereocenters. The van der Waals surface area contributed by atoms with Gasteiger partial charge in [0.1, 0.15) is 36.6 Å². The van der Waals surface area contributed by atoms with Crippen molar-refractivity contribution in [2.24, 2.45) is 0 Å². The molecular weight excluding hydrogens is 683 g/mol. The number of epoxide rings is 3. The summed E-state index contributed by atoms with van der Waals surface area (Å²) >= 11 is 0. The molecule has 0 aromatic heterocycles. The van der Waals surface area contributed by atoms with Crippen LogP contribution in [0.15, 0.2) is 36.4 Å². The third kappa shape index (κ3) is 12.6. The Morgan fingerprint density at radius 2 is 1.25 bits per heavy atom. The first-order valence-corrected chi connectivity index (χ1v) is 17.5. The topological polar surface area (TPSA) is 121 Å². The molecule has 0 spiro atoms. The molecule has 52 heavy (non-hydrogen) atoms. The van der Waals surface area contributed by atoms with Crippen LogP contribution in [0.4, 0.5) is 18.9 Å². The van der Waals surface area contributed by atoms with Crippen molar-refractivity contribution in [1.29, 1.82) is 0 Å². The number of benzene rings is 2. The number of rotatable bonds is 13. The molecule has 3 saturated heterocycles. The molecule has 0 N–H and O–H groups in total. The van der Waals surface area contributed by atoms with E-state index in [-0.39, 0.29) is 30.4 Å². The highest BCUT2D eigenvalue weighted by atomic mass is 19.4. The zero-order chi connectivity index (χ0) is 38.9. The van der Waals surface area contributed by atoms with E-state index >= 15 is 0 Å². The zero-order valence-corrected chi connectivity index (χ0v) is 31.2. The summed E-state index contributed by atoms with van der Waals surface area (Å²) in [5.41, 5.74) is 3.45. The summed E-state index contributed by atoms with van der Waals surface area (Å²) in [5.74, 6) is -1.98. The fourth-order valence-corrected chi connectivity index (χ4v) is 4.59. The van der Waals surface area contributed by atoms with E-state index in [4.69, 9.17) is 30.3 Å². The Balaban J connectivity index is 0.000000218. The molecule has 0 amide bonds. The lowest BCUT2D eigenvalue weighted by molar-refractivity contribution is -0.201. The van der Waals surface area contributed by atoms with Crippen LogP contribution in [0.5, 0.6) is 0 Å². The van der Waals surface area contributed by atoms with Gasteiger partial charge >= 0.3 is 24.1 Å². The first-order valence-electron chi connectivity index (χ1n) is 17.5. The standard InChI is InChI=1S/C17H24O3.C16H19NO3.C6H7F3O3/c1-5-12(3)14-7-8-15(13(4)9-14)16(18)19-10-17(6-2)11-20-17;1-5-11(2)12-6-7-13(14(8-12)17-4)15(18)19-9-16(3)10-20-16;1-5(3-12-5)2-11-4(10)6(7,8)9/h7-9,12H,5-6,10-11H2,1-4H3;6-8,11H,5,9-10H2,1-3H3;2-3H2,1H3. The van der Waals surface area contributed by atoms with Crippen LogP contribution in [0.3, 0.4) is 0 Å². The van der Waals surface area contributed by atoms with E-state index in [9.17, 15) is 27.6 Å². The monoisotopic (exact) mass is 733 g/mol. The fraction of sp³-hybridized carbons (Fsp3) is 0.590. The lowest BCUT2D eigenvalue weighted by Crippen LogP contribution is -2.29. The number of carbonyl (C=O) groups excluding carboxylic acids is 3. The third-order valence-electron chi connectivity index (χ3n) is 9.38. The number of carbonyl (C=O) groups is 3. The van der Waals surface area contributed by atoms with Crippen LogP contribution in [0.2, 0.25) is 0 Å². The van der Waals surface area contributed by atoms with Crippen LogP contribution in [0.1, 0.15) is 117 Å². The highest BCUT2D eigenvalue weighted by Gasteiger charge is 2.46. The quantitative estimate of drug-likeness (QED) is 0.0865. The van der Waals surface area contributed by atoms with Gasteiger partial charge in [0.05, 0.1) is 37.5 Å². The predicted octanol–water partition coefficient (Wildman–Crippen LogP) is 8.42. The molecule has 0 bridgehead atoms. The van der Waals surface area contributed by atoms with Crippen LogP contribution in [0, 0.1) is 13.5 Å². The van der Waals surface area contributed by atoms with Crippen molar-refractivity contribution in [2.75, 3.05) is 39.6 Å². The third-order valence-corrected chi connectivity index (χ3v) is 9.38. The smallest absolute Gasteiger partial charge is 0.460 e. The summed E-state index contributed by atoms with van der Waals surface area (Å²) in [5, 5.41) is 0. The van der Waals surface area contributed by atoms with Crippen LogP contribution >= 0.6 is 0 Å². The summed E-state index contributed by atoms with van der Waals surface area (Å²) in [7, 11) is 0. The van der Waals surface area contributed by atoms with Gasteiger partial charge in [0.2, 0.25) is 5.69 Å². The van der Waals surface area contributed by atoms with Crippen molar-refractivity contribution >= 4 is 23.6 Å². The van der Waals surface area contributed by atoms with Gasteiger partial charge in [-0.2, -0.15) is 13.2 Å². The van der Waals surface area contributed by atoms with E-state index < -0.39 is 23.7 Å². The second kappa shape index (κ2) is 17.7. The van der Waals surface area contributed by atoms with Crippen molar-refractivity contribution in [3.05, 3.63) is 75.6 Å². The van der Waals surface area contributed by atoms with Crippen LogP contribution in [0.25, 0.3) is 4.85 Å².